The van der Waals surface area contributed by atoms with Crippen LogP contribution in [-0.2, 0) is 17.9 Å². The van der Waals surface area contributed by atoms with Crippen molar-refractivity contribution in [3.63, 3.8) is 0 Å². The van der Waals surface area contributed by atoms with E-state index in [1.165, 1.54) is 0 Å². The van der Waals surface area contributed by atoms with Gasteiger partial charge in [0.2, 0.25) is 0 Å². The second kappa shape index (κ2) is 5.04. The molecule has 0 amide bonds. The van der Waals surface area contributed by atoms with Gasteiger partial charge in [0.25, 0.3) is 0 Å². The van der Waals surface area contributed by atoms with E-state index < -0.39 is 0 Å². The van der Waals surface area contributed by atoms with Crippen LogP contribution in [0.3, 0.4) is 0 Å². The maximum Gasteiger partial charge on any atom is 0.129 e. The van der Waals surface area contributed by atoms with Crippen molar-refractivity contribution in [3.05, 3.63) is 23.7 Å². The highest BCUT2D eigenvalue weighted by Crippen LogP contribution is 2.08. The van der Waals surface area contributed by atoms with Crippen molar-refractivity contribution in [1.82, 2.24) is 0 Å². The van der Waals surface area contributed by atoms with Gasteiger partial charge in [0, 0.05) is 6.61 Å². The molecule has 0 fully saturated rings. The minimum atomic E-state index is 0.449. The summed E-state index contributed by atoms with van der Waals surface area (Å²) in [5.41, 5.74) is 5.41. The van der Waals surface area contributed by atoms with E-state index in [1.807, 2.05) is 12.1 Å². The Kier molecular flexibility index (Phi) is 3.99. The summed E-state index contributed by atoms with van der Waals surface area (Å²) in [6, 6.07) is 3.79. The lowest BCUT2D eigenvalue weighted by Gasteiger charge is -2.04. The SMILES string of the molecule is CC(C)COCc1ccc(CN)o1. The van der Waals surface area contributed by atoms with Crippen molar-refractivity contribution >= 4 is 0 Å². The maximum absolute atomic E-state index is 5.41. The Morgan fingerprint density at radius 2 is 2.08 bits per heavy atom. The third-order valence-electron chi connectivity index (χ3n) is 1.61. The van der Waals surface area contributed by atoms with Gasteiger partial charge in [0.15, 0.2) is 0 Å². The fourth-order valence-electron chi connectivity index (χ4n) is 1.00. The van der Waals surface area contributed by atoms with Gasteiger partial charge in [-0.25, -0.2) is 0 Å². The molecule has 0 radical (unpaired) electrons. The number of rotatable bonds is 5. The number of hydrogen-bond acceptors (Lipinski definition) is 3. The summed E-state index contributed by atoms with van der Waals surface area (Å²) in [6.07, 6.45) is 0. The Morgan fingerprint density at radius 1 is 1.38 bits per heavy atom. The van der Waals surface area contributed by atoms with Crippen LogP contribution in [0.2, 0.25) is 0 Å². The Balaban J connectivity index is 2.28. The molecule has 0 aliphatic carbocycles. The Morgan fingerprint density at radius 3 is 2.62 bits per heavy atom. The summed E-state index contributed by atoms with van der Waals surface area (Å²) in [4.78, 5) is 0. The first kappa shape index (κ1) is 10.3. The largest absolute Gasteiger partial charge is 0.462 e. The van der Waals surface area contributed by atoms with Crippen molar-refractivity contribution in [1.29, 1.82) is 0 Å². The van der Waals surface area contributed by atoms with Crippen LogP contribution in [0.4, 0.5) is 0 Å². The van der Waals surface area contributed by atoms with Crippen LogP contribution in [0.5, 0.6) is 0 Å². The smallest absolute Gasteiger partial charge is 0.129 e. The van der Waals surface area contributed by atoms with E-state index in [9.17, 15) is 0 Å². The highest BCUT2D eigenvalue weighted by atomic mass is 16.5. The van der Waals surface area contributed by atoms with Crippen LogP contribution in [-0.4, -0.2) is 6.61 Å². The average Bonchev–Trinajstić information content (AvgIpc) is 2.52. The fourth-order valence-corrected chi connectivity index (χ4v) is 1.00. The molecule has 0 bridgehead atoms. The average molecular weight is 183 g/mol. The second-order valence-corrected chi connectivity index (χ2v) is 3.48. The van der Waals surface area contributed by atoms with Crippen molar-refractivity contribution < 1.29 is 9.15 Å². The third-order valence-corrected chi connectivity index (χ3v) is 1.61. The molecule has 74 valence electrons. The van der Waals surface area contributed by atoms with E-state index in [1.54, 1.807) is 0 Å². The van der Waals surface area contributed by atoms with Gasteiger partial charge < -0.3 is 14.9 Å². The zero-order chi connectivity index (χ0) is 9.68. The molecule has 0 saturated carbocycles. The predicted octanol–water partition coefficient (Wildman–Crippen LogP) is 1.91. The molecular weight excluding hydrogens is 166 g/mol. The van der Waals surface area contributed by atoms with Crippen LogP contribution >= 0.6 is 0 Å². The molecule has 0 saturated heterocycles. The molecular formula is C10H17NO2. The van der Waals surface area contributed by atoms with Gasteiger partial charge in [-0.1, -0.05) is 13.8 Å². The number of furan rings is 1. The van der Waals surface area contributed by atoms with Crippen LogP contribution in [0.15, 0.2) is 16.5 Å². The fraction of sp³-hybridized carbons (Fsp3) is 0.600. The highest BCUT2D eigenvalue weighted by molar-refractivity contribution is 5.05. The zero-order valence-electron chi connectivity index (χ0n) is 8.25. The minimum absolute atomic E-state index is 0.449. The van der Waals surface area contributed by atoms with E-state index in [-0.39, 0.29) is 0 Å². The van der Waals surface area contributed by atoms with E-state index in [0.29, 0.717) is 19.1 Å². The third kappa shape index (κ3) is 3.61. The van der Waals surface area contributed by atoms with Gasteiger partial charge in [0.05, 0.1) is 6.54 Å². The van der Waals surface area contributed by atoms with E-state index in [2.05, 4.69) is 13.8 Å². The quantitative estimate of drug-likeness (QED) is 0.758. The van der Waals surface area contributed by atoms with Crippen LogP contribution < -0.4 is 5.73 Å². The molecule has 0 atom stereocenters. The number of hydrogen-bond donors (Lipinski definition) is 1. The first-order valence-corrected chi connectivity index (χ1v) is 4.57. The second-order valence-electron chi connectivity index (χ2n) is 3.48. The van der Waals surface area contributed by atoms with Crippen LogP contribution in [0.25, 0.3) is 0 Å². The Hall–Kier alpha value is -0.800. The molecule has 2 N–H and O–H groups in total. The predicted molar refractivity (Wildman–Crippen MR) is 51.1 cm³/mol. The lowest BCUT2D eigenvalue weighted by Crippen LogP contribution is -2.01. The number of nitrogens with two attached hydrogens (primary N) is 1. The molecule has 0 spiro atoms. The van der Waals surface area contributed by atoms with Crippen molar-refractivity contribution in [3.8, 4) is 0 Å². The molecule has 1 rings (SSSR count). The van der Waals surface area contributed by atoms with E-state index in [4.69, 9.17) is 14.9 Å². The monoisotopic (exact) mass is 183 g/mol. The number of ether oxygens (including phenoxy) is 1. The molecule has 1 heterocycles. The Bertz CT molecular complexity index is 243. The van der Waals surface area contributed by atoms with Gasteiger partial charge in [-0.3, -0.25) is 0 Å². The van der Waals surface area contributed by atoms with Gasteiger partial charge in [-0.2, -0.15) is 0 Å². The van der Waals surface area contributed by atoms with Crippen LogP contribution in [0.1, 0.15) is 25.4 Å². The van der Waals surface area contributed by atoms with E-state index >= 15 is 0 Å². The molecule has 0 unspecified atom stereocenters. The summed E-state index contributed by atoms with van der Waals surface area (Å²) in [5, 5.41) is 0. The van der Waals surface area contributed by atoms with Crippen molar-refractivity contribution in [2.75, 3.05) is 6.61 Å². The lowest BCUT2D eigenvalue weighted by molar-refractivity contribution is 0.0838. The molecule has 13 heavy (non-hydrogen) atoms. The van der Waals surface area contributed by atoms with Crippen LogP contribution in [0, 0.1) is 5.92 Å². The molecule has 1 aromatic rings. The first-order chi connectivity index (χ1) is 6.22. The summed E-state index contributed by atoms with van der Waals surface area (Å²) >= 11 is 0. The lowest BCUT2D eigenvalue weighted by atomic mass is 10.2. The van der Waals surface area contributed by atoms with Gasteiger partial charge >= 0.3 is 0 Å². The molecule has 0 aliphatic heterocycles. The van der Waals surface area contributed by atoms with Gasteiger partial charge in [-0.05, 0) is 18.1 Å². The topological polar surface area (TPSA) is 48.4 Å². The molecule has 0 aliphatic rings. The van der Waals surface area contributed by atoms with E-state index in [0.717, 1.165) is 18.1 Å². The van der Waals surface area contributed by atoms with Crippen molar-refractivity contribution in [2.45, 2.75) is 27.0 Å². The summed E-state index contributed by atoms with van der Waals surface area (Å²) in [7, 11) is 0. The maximum atomic E-state index is 5.41. The first-order valence-electron chi connectivity index (χ1n) is 4.57. The van der Waals surface area contributed by atoms with Crippen molar-refractivity contribution in [2.24, 2.45) is 11.7 Å². The summed E-state index contributed by atoms with van der Waals surface area (Å²) in [6.45, 7) is 5.99. The molecule has 3 heteroatoms. The Labute approximate surface area is 78.9 Å². The summed E-state index contributed by atoms with van der Waals surface area (Å²) in [5.74, 6) is 2.22. The zero-order valence-corrected chi connectivity index (χ0v) is 8.25. The normalized spacial score (nSPS) is 11.1. The highest BCUT2D eigenvalue weighted by Gasteiger charge is 2.01. The minimum Gasteiger partial charge on any atom is -0.462 e. The summed E-state index contributed by atoms with van der Waals surface area (Å²) < 4.78 is 10.8. The standard InChI is InChI=1S/C10H17NO2/c1-8(2)6-12-7-10-4-3-9(5-11)13-10/h3-4,8H,5-7,11H2,1-2H3. The molecule has 1 aromatic heterocycles. The molecule has 0 aromatic carbocycles. The molecule has 3 nitrogen and oxygen atoms in total. The van der Waals surface area contributed by atoms with Gasteiger partial charge in [-0.15, -0.1) is 0 Å². The van der Waals surface area contributed by atoms with Gasteiger partial charge in [0.1, 0.15) is 18.1 Å².